The van der Waals surface area contributed by atoms with Crippen molar-refractivity contribution in [3.8, 4) is 5.75 Å². The number of hydrogen-bond acceptors (Lipinski definition) is 4. The Hall–Kier alpha value is -2.40. The first-order chi connectivity index (χ1) is 11.3. The normalized spacial score (nSPS) is 17.2. The average molecular weight is 312 g/mol. The van der Waals surface area contributed by atoms with Gasteiger partial charge in [-0.3, -0.25) is 9.78 Å². The number of rotatable bonds is 6. The summed E-state index contributed by atoms with van der Waals surface area (Å²) in [7, 11) is 0. The molecule has 23 heavy (non-hydrogen) atoms. The van der Waals surface area contributed by atoms with Gasteiger partial charge in [-0.2, -0.15) is 0 Å². The second-order valence-electron chi connectivity index (χ2n) is 5.72. The molecule has 2 atom stereocenters. The minimum absolute atomic E-state index is 0.00854. The molecule has 1 amide bonds. The van der Waals surface area contributed by atoms with Crippen LogP contribution in [-0.2, 0) is 11.2 Å². The highest BCUT2D eigenvalue weighted by Crippen LogP contribution is 2.33. The van der Waals surface area contributed by atoms with Crippen LogP contribution in [0, 0.1) is 5.92 Å². The van der Waals surface area contributed by atoms with Gasteiger partial charge in [0.1, 0.15) is 18.3 Å². The van der Waals surface area contributed by atoms with E-state index in [0.717, 1.165) is 17.0 Å². The van der Waals surface area contributed by atoms with Crippen molar-refractivity contribution in [2.75, 3.05) is 19.8 Å². The highest BCUT2D eigenvalue weighted by atomic mass is 16.5. The summed E-state index contributed by atoms with van der Waals surface area (Å²) in [6.07, 6.45) is 2.37. The molecule has 5 heteroatoms. The van der Waals surface area contributed by atoms with Crippen LogP contribution < -0.4 is 10.1 Å². The molecule has 120 valence electrons. The highest BCUT2D eigenvalue weighted by Gasteiger charge is 2.30. The zero-order valence-electron chi connectivity index (χ0n) is 12.8. The second kappa shape index (κ2) is 7.24. The highest BCUT2D eigenvalue weighted by molar-refractivity contribution is 5.85. The van der Waals surface area contributed by atoms with Gasteiger partial charge in [0.05, 0.1) is 0 Å². The van der Waals surface area contributed by atoms with Crippen molar-refractivity contribution < 1.29 is 14.6 Å². The number of amides is 1. The van der Waals surface area contributed by atoms with Crippen LogP contribution in [0.3, 0.4) is 0 Å². The summed E-state index contributed by atoms with van der Waals surface area (Å²) in [5, 5.41) is 12.4. The Bertz CT molecular complexity index is 660. The molecule has 0 saturated carbocycles. The van der Waals surface area contributed by atoms with Gasteiger partial charge in [0.15, 0.2) is 0 Å². The lowest BCUT2D eigenvalue weighted by Gasteiger charge is -2.16. The first-order valence-electron chi connectivity index (χ1n) is 7.78. The van der Waals surface area contributed by atoms with Crippen molar-refractivity contribution >= 4 is 5.91 Å². The number of aromatic nitrogens is 1. The number of hydrogen-bond donors (Lipinski definition) is 2. The maximum Gasteiger partial charge on any atom is 0.231 e. The van der Waals surface area contributed by atoms with Gasteiger partial charge in [-0.1, -0.05) is 24.3 Å². The Kier molecular flexibility index (Phi) is 4.88. The van der Waals surface area contributed by atoms with E-state index in [0.29, 0.717) is 19.6 Å². The van der Waals surface area contributed by atoms with E-state index in [1.807, 2.05) is 42.5 Å². The number of carbonyl (C=O) groups is 1. The van der Waals surface area contributed by atoms with E-state index >= 15 is 0 Å². The topological polar surface area (TPSA) is 71.5 Å². The Morgan fingerprint density at radius 2 is 2.13 bits per heavy atom. The van der Waals surface area contributed by atoms with Gasteiger partial charge < -0.3 is 15.2 Å². The number of pyridine rings is 1. The van der Waals surface area contributed by atoms with E-state index in [9.17, 15) is 9.90 Å². The molecular weight excluding hydrogens is 292 g/mol. The fourth-order valence-electron chi connectivity index (χ4n) is 2.76. The fourth-order valence-corrected chi connectivity index (χ4v) is 2.76. The number of para-hydroxylation sites is 1. The molecule has 0 aliphatic carbocycles. The van der Waals surface area contributed by atoms with Gasteiger partial charge in [0, 0.05) is 36.5 Å². The molecule has 1 aromatic carbocycles. The Morgan fingerprint density at radius 3 is 2.91 bits per heavy atom. The molecular formula is C18H20N2O3. The van der Waals surface area contributed by atoms with Crippen LogP contribution in [0.5, 0.6) is 5.75 Å². The quantitative estimate of drug-likeness (QED) is 0.848. The van der Waals surface area contributed by atoms with Crippen LogP contribution in [0.4, 0.5) is 0 Å². The second-order valence-corrected chi connectivity index (χ2v) is 5.72. The zero-order valence-corrected chi connectivity index (χ0v) is 12.8. The van der Waals surface area contributed by atoms with Gasteiger partial charge in [-0.05, 0) is 24.6 Å². The first-order valence-corrected chi connectivity index (χ1v) is 7.78. The van der Waals surface area contributed by atoms with Gasteiger partial charge in [0.2, 0.25) is 5.91 Å². The van der Waals surface area contributed by atoms with Crippen LogP contribution in [0.2, 0.25) is 0 Å². The number of ether oxygens (including phenoxy) is 1. The van der Waals surface area contributed by atoms with Crippen LogP contribution >= 0.6 is 0 Å². The van der Waals surface area contributed by atoms with Gasteiger partial charge >= 0.3 is 0 Å². The average Bonchev–Trinajstić information content (AvgIpc) is 3.03. The summed E-state index contributed by atoms with van der Waals surface area (Å²) in [6.45, 7) is 0.800. The van der Waals surface area contributed by atoms with Gasteiger partial charge in [0.25, 0.3) is 0 Å². The summed E-state index contributed by atoms with van der Waals surface area (Å²) in [5.74, 6) is 0.390. The van der Waals surface area contributed by atoms with Crippen molar-refractivity contribution in [1.82, 2.24) is 10.3 Å². The lowest BCUT2D eigenvalue weighted by atomic mass is 9.99. The number of fused-ring (bicyclic) bond motifs is 1. The van der Waals surface area contributed by atoms with Gasteiger partial charge in [-0.15, -0.1) is 0 Å². The van der Waals surface area contributed by atoms with E-state index in [1.165, 1.54) is 0 Å². The summed E-state index contributed by atoms with van der Waals surface area (Å²) >= 11 is 0. The van der Waals surface area contributed by atoms with Crippen LogP contribution in [-0.4, -0.2) is 35.8 Å². The molecule has 2 heterocycles. The zero-order chi connectivity index (χ0) is 16.1. The molecule has 1 aliphatic rings. The third-order valence-corrected chi connectivity index (χ3v) is 4.06. The molecule has 0 saturated heterocycles. The molecule has 0 bridgehead atoms. The minimum atomic E-state index is -0.277. The molecule has 2 N–H and O–H groups in total. The number of aliphatic hydroxyl groups excluding tert-OH is 1. The van der Waals surface area contributed by atoms with Crippen molar-refractivity contribution in [2.24, 2.45) is 5.92 Å². The first kappa shape index (κ1) is 15.5. The molecule has 1 aliphatic heterocycles. The molecule has 0 fully saturated rings. The SMILES string of the molecule is O=C(NC[C@@H](CO)Cc1ccccn1)[C@H]1COc2ccccc21. The summed E-state index contributed by atoms with van der Waals surface area (Å²) < 4.78 is 5.54. The Labute approximate surface area is 135 Å². The Balaban J connectivity index is 1.56. The number of nitrogens with zero attached hydrogens (tertiary/aromatic N) is 1. The van der Waals surface area contributed by atoms with Crippen LogP contribution in [0.15, 0.2) is 48.7 Å². The maximum atomic E-state index is 12.4. The smallest absolute Gasteiger partial charge is 0.231 e. The monoisotopic (exact) mass is 312 g/mol. The Morgan fingerprint density at radius 1 is 1.30 bits per heavy atom. The van der Waals surface area contributed by atoms with Crippen LogP contribution in [0.25, 0.3) is 0 Å². The van der Waals surface area contributed by atoms with E-state index in [1.54, 1.807) is 6.20 Å². The summed E-state index contributed by atoms with van der Waals surface area (Å²) in [5.41, 5.74) is 1.84. The molecule has 3 rings (SSSR count). The van der Waals surface area contributed by atoms with Crippen molar-refractivity contribution in [2.45, 2.75) is 12.3 Å². The van der Waals surface area contributed by atoms with Gasteiger partial charge in [-0.25, -0.2) is 0 Å². The molecule has 0 unspecified atom stereocenters. The largest absolute Gasteiger partial charge is 0.492 e. The van der Waals surface area contributed by atoms with Crippen LogP contribution in [0.1, 0.15) is 17.2 Å². The molecule has 0 radical (unpaired) electrons. The number of nitrogens with one attached hydrogen (secondary N) is 1. The lowest BCUT2D eigenvalue weighted by Crippen LogP contribution is -2.35. The van der Waals surface area contributed by atoms with E-state index in [4.69, 9.17) is 4.74 Å². The third kappa shape index (κ3) is 3.68. The molecule has 5 nitrogen and oxygen atoms in total. The number of carbonyl (C=O) groups excluding carboxylic acids is 1. The van der Waals surface area contributed by atoms with Crippen molar-refractivity contribution in [1.29, 1.82) is 0 Å². The molecule has 2 aromatic rings. The van der Waals surface area contributed by atoms with E-state index in [-0.39, 0.29) is 24.3 Å². The van der Waals surface area contributed by atoms with E-state index in [2.05, 4.69) is 10.3 Å². The minimum Gasteiger partial charge on any atom is -0.492 e. The van der Waals surface area contributed by atoms with E-state index < -0.39 is 0 Å². The van der Waals surface area contributed by atoms with Crippen molar-refractivity contribution in [3.63, 3.8) is 0 Å². The summed E-state index contributed by atoms with van der Waals surface area (Å²) in [4.78, 5) is 16.6. The standard InChI is InChI=1S/C18H20N2O3/c21-11-13(9-14-5-3-4-8-19-14)10-20-18(22)16-12-23-17-7-2-1-6-15(16)17/h1-8,13,16,21H,9-12H2,(H,20,22)/t13-,16-/m0/s1. The number of aliphatic hydroxyl groups is 1. The number of benzene rings is 1. The third-order valence-electron chi connectivity index (χ3n) is 4.06. The predicted molar refractivity (Wildman–Crippen MR) is 86.2 cm³/mol. The lowest BCUT2D eigenvalue weighted by molar-refractivity contribution is -0.123. The fraction of sp³-hybridized carbons (Fsp3) is 0.333. The summed E-state index contributed by atoms with van der Waals surface area (Å²) in [6, 6.07) is 13.3. The van der Waals surface area contributed by atoms with Crippen molar-refractivity contribution in [3.05, 3.63) is 59.9 Å². The molecule has 0 spiro atoms. The molecule has 1 aromatic heterocycles. The predicted octanol–water partition coefficient (Wildman–Crippen LogP) is 1.52. The maximum absolute atomic E-state index is 12.4.